The maximum absolute atomic E-state index is 13.6. The summed E-state index contributed by atoms with van der Waals surface area (Å²) in [6, 6.07) is 5.43. The third kappa shape index (κ3) is 6.28. The van der Waals surface area contributed by atoms with E-state index in [2.05, 4.69) is 20.5 Å². The fourth-order valence-corrected chi connectivity index (χ4v) is 4.09. The smallest absolute Gasteiger partial charge is 0.191 e. The number of rotatable bonds is 7. The van der Waals surface area contributed by atoms with E-state index in [1.165, 1.54) is 37.5 Å². The first-order chi connectivity index (χ1) is 12.0. The van der Waals surface area contributed by atoms with Crippen molar-refractivity contribution in [3.63, 3.8) is 0 Å². The van der Waals surface area contributed by atoms with Gasteiger partial charge in [0.05, 0.1) is 5.75 Å². The number of sulfone groups is 1. The van der Waals surface area contributed by atoms with Gasteiger partial charge in [0.2, 0.25) is 0 Å². The summed E-state index contributed by atoms with van der Waals surface area (Å²) < 4.78 is 38.0. The Morgan fingerprint density at radius 1 is 1.16 bits per heavy atom. The summed E-state index contributed by atoms with van der Waals surface area (Å²) in [5.41, 5.74) is 0. The van der Waals surface area contributed by atoms with Crippen LogP contribution in [0.1, 0.15) is 19.3 Å². The minimum absolute atomic E-state index is 0.167. The second kappa shape index (κ2) is 9.72. The highest BCUT2D eigenvalue weighted by molar-refractivity contribution is 7.91. The molecule has 2 rings (SSSR count). The molecule has 0 aromatic heterocycles. The van der Waals surface area contributed by atoms with E-state index in [-0.39, 0.29) is 17.2 Å². The molecule has 8 heteroatoms. The van der Waals surface area contributed by atoms with E-state index >= 15 is 0 Å². The second-order valence-electron chi connectivity index (χ2n) is 6.08. The molecule has 6 nitrogen and oxygen atoms in total. The number of benzene rings is 1. The van der Waals surface area contributed by atoms with Crippen molar-refractivity contribution in [3.05, 3.63) is 30.1 Å². The lowest BCUT2D eigenvalue weighted by Crippen LogP contribution is -2.43. The lowest BCUT2D eigenvalue weighted by atomic mass is 10.1. The van der Waals surface area contributed by atoms with Gasteiger partial charge < -0.3 is 15.5 Å². The van der Waals surface area contributed by atoms with Crippen LogP contribution in [-0.2, 0) is 9.84 Å². The predicted molar refractivity (Wildman–Crippen MR) is 98.1 cm³/mol. The Kier molecular flexibility index (Phi) is 7.64. The Morgan fingerprint density at radius 2 is 1.84 bits per heavy atom. The van der Waals surface area contributed by atoms with E-state index in [1.807, 2.05) is 0 Å². The third-order valence-corrected chi connectivity index (χ3v) is 5.97. The number of hydrogen-bond acceptors (Lipinski definition) is 4. The largest absolute Gasteiger partial charge is 0.355 e. The minimum Gasteiger partial charge on any atom is -0.355 e. The fourth-order valence-electron chi connectivity index (χ4n) is 2.85. The quantitative estimate of drug-likeness (QED) is 0.558. The molecule has 0 saturated carbocycles. The maximum atomic E-state index is 13.6. The molecule has 0 atom stereocenters. The molecule has 0 aliphatic carbocycles. The first-order valence-electron chi connectivity index (χ1n) is 8.67. The molecule has 25 heavy (non-hydrogen) atoms. The SMILES string of the molecule is CN=C(NCCN1CCCCC1)NCCS(=O)(=O)c1ccccc1F. The van der Waals surface area contributed by atoms with Gasteiger partial charge in [0.25, 0.3) is 0 Å². The van der Waals surface area contributed by atoms with Gasteiger partial charge in [0.1, 0.15) is 10.7 Å². The van der Waals surface area contributed by atoms with Gasteiger partial charge in [0, 0.05) is 26.7 Å². The number of hydrogen-bond donors (Lipinski definition) is 2. The van der Waals surface area contributed by atoms with E-state index < -0.39 is 15.7 Å². The van der Waals surface area contributed by atoms with Crippen molar-refractivity contribution in [1.29, 1.82) is 0 Å². The van der Waals surface area contributed by atoms with Crippen LogP contribution in [0.4, 0.5) is 4.39 Å². The zero-order chi connectivity index (χ0) is 18.1. The highest BCUT2D eigenvalue weighted by Crippen LogP contribution is 2.14. The van der Waals surface area contributed by atoms with Gasteiger partial charge in [-0.1, -0.05) is 18.6 Å². The molecule has 0 spiro atoms. The Balaban J connectivity index is 1.74. The maximum Gasteiger partial charge on any atom is 0.191 e. The van der Waals surface area contributed by atoms with Crippen LogP contribution in [0.15, 0.2) is 34.2 Å². The molecule has 2 N–H and O–H groups in total. The summed E-state index contributed by atoms with van der Waals surface area (Å²) >= 11 is 0. The number of halogens is 1. The monoisotopic (exact) mass is 370 g/mol. The molecule has 0 unspecified atom stereocenters. The topological polar surface area (TPSA) is 73.8 Å². The van der Waals surface area contributed by atoms with Crippen molar-refractivity contribution < 1.29 is 12.8 Å². The Bertz CT molecular complexity index is 673. The first-order valence-corrected chi connectivity index (χ1v) is 10.3. The molecule has 0 bridgehead atoms. The van der Waals surface area contributed by atoms with E-state index in [4.69, 9.17) is 0 Å². The summed E-state index contributed by atoms with van der Waals surface area (Å²) in [4.78, 5) is 6.24. The van der Waals surface area contributed by atoms with E-state index in [0.717, 1.165) is 32.2 Å². The Labute approximate surface area is 149 Å². The summed E-state index contributed by atoms with van der Waals surface area (Å²) in [6.45, 7) is 4.12. The van der Waals surface area contributed by atoms with E-state index in [0.29, 0.717) is 5.96 Å². The molecule has 0 radical (unpaired) electrons. The summed E-state index contributed by atoms with van der Waals surface area (Å²) in [6.07, 6.45) is 3.81. The molecule has 1 aromatic carbocycles. The van der Waals surface area contributed by atoms with Crippen molar-refractivity contribution in [3.8, 4) is 0 Å². The lowest BCUT2D eigenvalue weighted by Gasteiger charge is -2.26. The van der Waals surface area contributed by atoms with Gasteiger partial charge >= 0.3 is 0 Å². The first kappa shape index (κ1) is 19.7. The van der Waals surface area contributed by atoms with Gasteiger partial charge in [-0.2, -0.15) is 0 Å². The molecular formula is C17H27FN4O2S. The van der Waals surface area contributed by atoms with Crippen LogP contribution >= 0.6 is 0 Å². The number of likely N-dealkylation sites (tertiary alicyclic amines) is 1. The van der Waals surface area contributed by atoms with E-state index in [9.17, 15) is 12.8 Å². The molecule has 1 saturated heterocycles. The van der Waals surface area contributed by atoms with Crippen molar-refractivity contribution in [2.75, 3.05) is 45.5 Å². The van der Waals surface area contributed by atoms with Gasteiger partial charge in [-0.25, -0.2) is 12.8 Å². The zero-order valence-electron chi connectivity index (χ0n) is 14.7. The normalized spacial score (nSPS) is 16.6. The van der Waals surface area contributed by atoms with Gasteiger partial charge in [-0.3, -0.25) is 4.99 Å². The van der Waals surface area contributed by atoms with Crippen molar-refractivity contribution in [2.24, 2.45) is 4.99 Å². The molecule has 0 amide bonds. The minimum atomic E-state index is -3.66. The number of piperidine rings is 1. The third-order valence-electron chi connectivity index (χ3n) is 4.23. The summed E-state index contributed by atoms with van der Waals surface area (Å²) in [5, 5.41) is 6.15. The van der Waals surface area contributed by atoms with Crippen LogP contribution in [0.3, 0.4) is 0 Å². The standard InChI is InChI=1S/C17H27FN4O2S/c1-19-17(20-9-13-22-11-5-2-6-12-22)21-10-14-25(23,24)16-8-4-3-7-15(16)18/h3-4,7-8H,2,5-6,9-14H2,1H3,(H2,19,20,21). The molecule has 140 valence electrons. The molecule has 1 aromatic rings. The van der Waals surface area contributed by atoms with Crippen LogP contribution in [-0.4, -0.2) is 64.8 Å². The van der Waals surface area contributed by atoms with Gasteiger partial charge in [-0.15, -0.1) is 0 Å². The van der Waals surface area contributed by atoms with Crippen molar-refractivity contribution >= 4 is 15.8 Å². The molecule has 1 fully saturated rings. The molecule has 1 aliphatic heterocycles. The lowest BCUT2D eigenvalue weighted by molar-refractivity contribution is 0.232. The van der Waals surface area contributed by atoms with Crippen molar-refractivity contribution in [1.82, 2.24) is 15.5 Å². The average Bonchev–Trinajstić information content (AvgIpc) is 2.61. The predicted octanol–water partition coefficient (Wildman–Crippen LogP) is 1.25. The van der Waals surface area contributed by atoms with E-state index in [1.54, 1.807) is 7.05 Å². The summed E-state index contributed by atoms with van der Waals surface area (Å²) in [5.74, 6) is -0.354. The number of nitrogens with one attached hydrogen (secondary N) is 2. The van der Waals surface area contributed by atoms with Crippen LogP contribution in [0.5, 0.6) is 0 Å². The van der Waals surface area contributed by atoms with Crippen LogP contribution in [0.2, 0.25) is 0 Å². The van der Waals surface area contributed by atoms with Crippen LogP contribution in [0.25, 0.3) is 0 Å². The van der Waals surface area contributed by atoms with Crippen molar-refractivity contribution in [2.45, 2.75) is 24.2 Å². The highest BCUT2D eigenvalue weighted by atomic mass is 32.2. The molecule has 1 aliphatic rings. The average molecular weight is 370 g/mol. The fraction of sp³-hybridized carbons (Fsp3) is 0.588. The Hall–Kier alpha value is -1.67. The van der Waals surface area contributed by atoms with Gasteiger partial charge in [0.15, 0.2) is 15.8 Å². The Morgan fingerprint density at radius 3 is 2.52 bits per heavy atom. The number of nitrogens with zero attached hydrogens (tertiary/aromatic N) is 2. The highest BCUT2D eigenvalue weighted by Gasteiger charge is 2.18. The zero-order valence-corrected chi connectivity index (χ0v) is 15.5. The van der Waals surface area contributed by atoms with Gasteiger partial charge in [-0.05, 0) is 38.1 Å². The number of guanidine groups is 1. The van der Waals surface area contributed by atoms with Crippen LogP contribution in [0, 0.1) is 5.82 Å². The second-order valence-corrected chi connectivity index (χ2v) is 8.15. The molecule has 1 heterocycles. The summed E-state index contributed by atoms with van der Waals surface area (Å²) in [7, 11) is -2.02. The molecular weight excluding hydrogens is 343 g/mol. The van der Waals surface area contributed by atoms with Crippen LogP contribution < -0.4 is 10.6 Å². The number of aliphatic imine (C=N–C) groups is 1.